The minimum Gasteiger partial charge on any atom is -0.478 e. The molecule has 6 heteroatoms. The molecule has 0 saturated heterocycles. The van der Waals surface area contributed by atoms with Gasteiger partial charge in [0.2, 0.25) is 0 Å². The van der Waals surface area contributed by atoms with Gasteiger partial charge in [-0.15, -0.1) is 0 Å². The predicted octanol–water partition coefficient (Wildman–Crippen LogP) is -0.727. The van der Waals surface area contributed by atoms with Crippen LogP contribution >= 0.6 is 0 Å². The van der Waals surface area contributed by atoms with Gasteiger partial charge < -0.3 is 26.2 Å². The number of aliphatic hydroxyl groups excluding tert-OH is 3. The number of aromatic carboxylic acids is 1. The van der Waals surface area contributed by atoms with E-state index in [2.05, 4.69) is 0 Å². The molecule has 1 aromatic rings. The molecule has 1 aromatic carbocycles. The van der Waals surface area contributed by atoms with Crippen molar-refractivity contribution in [1.82, 2.24) is 0 Å². The van der Waals surface area contributed by atoms with Crippen molar-refractivity contribution in [3.8, 4) is 0 Å². The van der Waals surface area contributed by atoms with Crippen LogP contribution in [0.2, 0.25) is 0 Å². The second-order valence-corrected chi connectivity index (χ2v) is 4.00. The van der Waals surface area contributed by atoms with Gasteiger partial charge in [-0.25, -0.2) is 4.79 Å². The summed E-state index contributed by atoms with van der Waals surface area (Å²) in [5, 5.41) is 36.8. The summed E-state index contributed by atoms with van der Waals surface area (Å²) in [6.07, 6.45) is -2.21. The first-order valence-electron chi connectivity index (χ1n) is 5.53. The first-order valence-corrected chi connectivity index (χ1v) is 5.53. The summed E-state index contributed by atoms with van der Waals surface area (Å²) in [4.78, 5) is 10.9. The molecule has 0 spiro atoms. The highest BCUT2D eigenvalue weighted by Gasteiger charge is 2.19. The van der Waals surface area contributed by atoms with E-state index in [9.17, 15) is 15.0 Å². The Balaban J connectivity index is 3.13. The van der Waals surface area contributed by atoms with Crippen LogP contribution in [0, 0.1) is 0 Å². The summed E-state index contributed by atoms with van der Waals surface area (Å²) >= 11 is 0. The summed E-state index contributed by atoms with van der Waals surface area (Å²) in [6, 6.07) is 4.31. The summed E-state index contributed by atoms with van der Waals surface area (Å²) in [7, 11) is 0. The molecular weight excluding hydrogens is 238 g/mol. The standard InChI is InChI=1S/C12H17NO5/c13-2-1-7-3-8(11(16)10(15)6-14)5-9(4-7)12(17)18/h3-5,10-11,14-16H,1-2,6,13H2,(H,17,18)/t10-,11+/m1/s1. The number of carbonyl (C=O) groups is 1. The number of nitrogens with two attached hydrogens (primary N) is 1. The summed E-state index contributed by atoms with van der Waals surface area (Å²) in [5.41, 5.74) is 6.33. The third-order valence-corrected chi connectivity index (χ3v) is 2.59. The SMILES string of the molecule is NCCc1cc(C(=O)O)cc([C@H](O)[C@H](O)CO)c1. The van der Waals surface area contributed by atoms with Gasteiger partial charge in [0.15, 0.2) is 0 Å². The van der Waals surface area contributed by atoms with E-state index in [1.807, 2.05) is 0 Å². The lowest BCUT2D eigenvalue weighted by atomic mass is 9.98. The molecule has 0 aliphatic rings. The first kappa shape index (κ1) is 14.6. The minimum atomic E-state index is -1.35. The number of benzene rings is 1. The van der Waals surface area contributed by atoms with E-state index in [-0.39, 0.29) is 11.1 Å². The Hall–Kier alpha value is -1.47. The molecule has 0 heterocycles. The molecule has 6 N–H and O–H groups in total. The molecule has 18 heavy (non-hydrogen) atoms. The fraction of sp³-hybridized carbons (Fsp3) is 0.417. The smallest absolute Gasteiger partial charge is 0.335 e. The Morgan fingerprint density at radius 2 is 1.94 bits per heavy atom. The van der Waals surface area contributed by atoms with Crippen molar-refractivity contribution in [2.24, 2.45) is 5.73 Å². The highest BCUT2D eigenvalue weighted by molar-refractivity contribution is 5.88. The van der Waals surface area contributed by atoms with Crippen LogP contribution in [0.25, 0.3) is 0 Å². The topological polar surface area (TPSA) is 124 Å². The summed E-state index contributed by atoms with van der Waals surface area (Å²) in [5.74, 6) is -1.12. The molecule has 0 saturated carbocycles. The van der Waals surface area contributed by atoms with Gasteiger partial charge in [0.05, 0.1) is 12.2 Å². The molecule has 0 bridgehead atoms. The quantitative estimate of drug-likeness (QED) is 0.456. The number of hydrogen-bond donors (Lipinski definition) is 5. The van der Waals surface area contributed by atoms with E-state index >= 15 is 0 Å². The highest BCUT2D eigenvalue weighted by atomic mass is 16.4. The Labute approximate surface area is 104 Å². The molecule has 6 nitrogen and oxygen atoms in total. The van der Waals surface area contributed by atoms with Crippen molar-refractivity contribution in [2.45, 2.75) is 18.6 Å². The van der Waals surface area contributed by atoms with E-state index in [1.165, 1.54) is 12.1 Å². The van der Waals surface area contributed by atoms with Crippen LogP contribution in [0.4, 0.5) is 0 Å². The Kier molecular flexibility index (Phi) is 5.24. The fourth-order valence-corrected chi connectivity index (χ4v) is 1.65. The van der Waals surface area contributed by atoms with Gasteiger partial charge in [-0.3, -0.25) is 0 Å². The Morgan fingerprint density at radius 3 is 2.44 bits per heavy atom. The van der Waals surface area contributed by atoms with Gasteiger partial charge in [0.1, 0.15) is 12.2 Å². The molecule has 0 fully saturated rings. The molecule has 0 unspecified atom stereocenters. The zero-order valence-electron chi connectivity index (χ0n) is 9.78. The maximum atomic E-state index is 10.9. The molecule has 0 amide bonds. The molecule has 0 aliphatic heterocycles. The zero-order valence-corrected chi connectivity index (χ0v) is 9.78. The van der Waals surface area contributed by atoms with Gasteiger partial charge in [-0.05, 0) is 36.2 Å². The van der Waals surface area contributed by atoms with E-state index < -0.39 is 24.8 Å². The van der Waals surface area contributed by atoms with Crippen LogP contribution in [0.1, 0.15) is 27.6 Å². The van der Waals surface area contributed by atoms with E-state index in [4.69, 9.17) is 15.9 Å². The third kappa shape index (κ3) is 3.51. The molecular formula is C12H17NO5. The van der Waals surface area contributed by atoms with Crippen LogP contribution in [-0.4, -0.2) is 45.7 Å². The van der Waals surface area contributed by atoms with Crippen LogP contribution in [-0.2, 0) is 6.42 Å². The lowest BCUT2D eigenvalue weighted by molar-refractivity contribution is -0.0153. The maximum Gasteiger partial charge on any atom is 0.335 e. The van der Waals surface area contributed by atoms with Crippen LogP contribution in [0.3, 0.4) is 0 Å². The molecule has 100 valence electrons. The van der Waals surface area contributed by atoms with Crippen molar-refractivity contribution in [2.75, 3.05) is 13.2 Å². The van der Waals surface area contributed by atoms with Crippen molar-refractivity contribution in [3.63, 3.8) is 0 Å². The monoisotopic (exact) mass is 255 g/mol. The average Bonchev–Trinajstić information content (AvgIpc) is 2.36. The van der Waals surface area contributed by atoms with Gasteiger partial charge in [0.25, 0.3) is 0 Å². The second-order valence-electron chi connectivity index (χ2n) is 4.00. The van der Waals surface area contributed by atoms with E-state index in [0.29, 0.717) is 18.5 Å². The molecule has 0 radical (unpaired) electrons. The van der Waals surface area contributed by atoms with Gasteiger partial charge in [-0.2, -0.15) is 0 Å². The van der Waals surface area contributed by atoms with Crippen molar-refractivity contribution in [1.29, 1.82) is 0 Å². The number of aliphatic hydroxyl groups is 3. The molecule has 0 aliphatic carbocycles. The van der Waals surface area contributed by atoms with Crippen LogP contribution in [0.5, 0.6) is 0 Å². The predicted molar refractivity (Wildman–Crippen MR) is 64.2 cm³/mol. The number of rotatable bonds is 6. The van der Waals surface area contributed by atoms with Crippen LogP contribution < -0.4 is 5.73 Å². The summed E-state index contributed by atoms with van der Waals surface area (Å²) < 4.78 is 0. The van der Waals surface area contributed by atoms with Gasteiger partial charge in [-0.1, -0.05) is 6.07 Å². The zero-order chi connectivity index (χ0) is 13.7. The van der Waals surface area contributed by atoms with Crippen LogP contribution in [0.15, 0.2) is 18.2 Å². The fourth-order valence-electron chi connectivity index (χ4n) is 1.65. The van der Waals surface area contributed by atoms with Crippen molar-refractivity contribution < 1.29 is 25.2 Å². The van der Waals surface area contributed by atoms with Gasteiger partial charge >= 0.3 is 5.97 Å². The van der Waals surface area contributed by atoms with E-state index in [1.54, 1.807) is 6.07 Å². The van der Waals surface area contributed by atoms with Crippen molar-refractivity contribution >= 4 is 5.97 Å². The molecule has 2 atom stereocenters. The highest BCUT2D eigenvalue weighted by Crippen LogP contribution is 2.21. The molecule has 0 aromatic heterocycles. The minimum absolute atomic E-state index is 0.0140. The van der Waals surface area contributed by atoms with Gasteiger partial charge in [0, 0.05) is 0 Å². The lowest BCUT2D eigenvalue weighted by Gasteiger charge is -2.17. The lowest BCUT2D eigenvalue weighted by Crippen LogP contribution is -2.22. The third-order valence-electron chi connectivity index (χ3n) is 2.59. The van der Waals surface area contributed by atoms with E-state index in [0.717, 1.165) is 0 Å². The maximum absolute atomic E-state index is 10.9. The number of carboxylic acid groups (broad SMARTS) is 1. The first-order chi connectivity index (χ1) is 8.49. The second kappa shape index (κ2) is 6.46. The number of hydrogen-bond acceptors (Lipinski definition) is 5. The van der Waals surface area contributed by atoms with Crippen molar-refractivity contribution in [3.05, 3.63) is 34.9 Å². The Bertz CT molecular complexity index is 421. The largest absolute Gasteiger partial charge is 0.478 e. The normalized spacial score (nSPS) is 14.2. The Morgan fingerprint density at radius 1 is 1.28 bits per heavy atom. The molecule has 1 rings (SSSR count). The summed E-state index contributed by atoms with van der Waals surface area (Å²) in [6.45, 7) is -0.258. The average molecular weight is 255 g/mol. The number of carboxylic acids is 1.